The molecule has 5 aliphatic rings. The Balaban J connectivity index is 1.21. The van der Waals surface area contributed by atoms with Gasteiger partial charge in [0.05, 0.1) is 5.69 Å². The average Bonchev–Trinajstić information content (AvgIpc) is 3.48. The van der Waals surface area contributed by atoms with Crippen LogP contribution in [0.3, 0.4) is 0 Å². The Morgan fingerprint density at radius 1 is 0.473 bits per heavy atom. The average molecular weight is 701 g/mol. The summed E-state index contributed by atoms with van der Waals surface area (Å²) < 4.78 is 0. The van der Waals surface area contributed by atoms with Crippen molar-refractivity contribution in [2.75, 3.05) is 9.71 Å². The molecule has 258 valence electrons. The second-order valence-corrected chi connectivity index (χ2v) is 17.1. The van der Waals surface area contributed by atoms with Gasteiger partial charge in [0.2, 0.25) is 0 Å². The number of para-hydroxylation sites is 1. The van der Waals surface area contributed by atoms with Crippen LogP contribution in [0.1, 0.15) is 54.2 Å². The fraction of sp³-hybridized carbons (Fsp3) is 0.115. The Morgan fingerprint density at radius 3 is 2.04 bits per heavy atom. The maximum atomic E-state index is 2.78. The van der Waals surface area contributed by atoms with Crippen molar-refractivity contribution < 1.29 is 0 Å². The summed E-state index contributed by atoms with van der Waals surface area (Å²) in [4.78, 5) is 5.42. The molecule has 3 heteroatoms. The molecule has 4 aliphatic heterocycles. The topological polar surface area (TPSA) is 6.48 Å². The molecule has 8 aromatic rings. The van der Waals surface area contributed by atoms with E-state index in [0.717, 1.165) is 0 Å². The summed E-state index contributed by atoms with van der Waals surface area (Å²) in [6.45, 7) is 9.65. The molecule has 1 aliphatic carbocycles. The number of aryl methyl sites for hydroxylation is 1. The van der Waals surface area contributed by atoms with E-state index in [1.54, 1.807) is 0 Å². The zero-order valence-corrected chi connectivity index (χ0v) is 31.4. The van der Waals surface area contributed by atoms with E-state index in [1.807, 2.05) is 0 Å². The normalized spacial score (nSPS) is 17.9. The van der Waals surface area contributed by atoms with Gasteiger partial charge in [0.1, 0.15) is 0 Å². The third-order valence-electron chi connectivity index (χ3n) is 14.0. The van der Waals surface area contributed by atoms with Crippen molar-refractivity contribution in [2.24, 2.45) is 0 Å². The van der Waals surface area contributed by atoms with Gasteiger partial charge in [-0.05, 0) is 121 Å². The zero-order valence-electron chi connectivity index (χ0n) is 31.4. The Kier molecular flexibility index (Phi) is 5.39. The van der Waals surface area contributed by atoms with Gasteiger partial charge in [0, 0.05) is 39.1 Å². The molecule has 0 N–H and O–H groups in total. The minimum Gasteiger partial charge on any atom is -0.376 e. The van der Waals surface area contributed by atoms with Crippen molar-refractivity contribution in [3.8, 4) is 33.4 Å². The highest BCUT2D eigenvalue weighted by Gasteiger charge is 2.56. The Hall–Kier alpha value is -6.32. The minimum absolute atomic E-state index is 0.00774. The van der Waals surface area contributed by atoms with E-state index >= 15 is 0 Å². The largest absolute Gasteiger partial charge is 0.376 e. The van der Waals surface area contributed by atoms with E-state index in [9.17, 15) is 0 Å². The number of rotatable bonds is 1. The Labute approximate surface area is 322 Å². The first-order valence-corrected chi connectivity index (χ1v) is 19.7. The van der Waals surface area contributed by atoms with Crippen molar-refractivity contribution in [3.05, 3.63) is 185 Å². The standard InChI is InChI=1S/C52H37BN2/c1-30-26-38-37-25-24-34(31-14-6-5-7-15-31)47-49(37)55(43-23-12-19-36-35-18-10-11-20-39(35)52(47,4)46(36)43)53-42-22-13-21-40-50(42)54(45(27-30)48(38)53)44-29-33-17-9-8-16-32(33)28-41(44)51(40,2)3/h5-29H,1-4H3. The molecule has 0 amide bonds. The summed E-state index contributed by atoms with van der Waals surface area (Å²) in [5, 5.41) is 2.57. The molecule has 8 aromatic carbocycles. The number of benzene rings is 8. The van der Waals surface area contributed by atoms with Crippen molar-refractivity contribution in [1.29, 1.82) is 0 Å². The second-order valence-electron chi connectivity index (χ2n) is 17.1. The van der Waals surface area contributed by atoms with Gasteiger partial charge in [-0.25, -0.2) is 0 Å². The van der Waals surface area contributed by atoms with Crippen LogP contribution in [0.5, 0.6) is 0 Å². The first-order valence-electron chi connectivity index (χ1n) is 19.7. The van der Waals surface area contributed by atoms with E-state index in [4.69, 9.17) is 0 Å². The molecule has 0 radical (unpaired) electrons. The van der Waals surface area contributed by atoms with E-state index < -0.39 is 0 Å². The molecule has 4 heterocycles. The quantitative estimate of drug-likeness (QED) is 0.157. The summed E-state index contributed by atoms with van der Waals surface area (Å²) in [6.07, 6.45) is 0. The molecular weight excluding hydrogens is 663 g/mol. The summed E-state index contributed by atoms with van der Waals surface area (Å²) in [7, 11) is 0. The van der Waals surface area contributed by atoms with E-state index in [2.05, 4.69) is 189 Å². The van der Waals surface area contributed by atoms with Crippen LogP contribution in [0.15, 0.2) is 152 Å². The van der Waals surface area contributed by atoms with Crippen molar-refractivity contribution in [1.82, 2.24) is 0 Å². The molecule has 1 atom stereocenters. The minimum atomic E-state index is -0.335. The van der Waals surface area contributed by atoms with E-state index in [1.165, 1.54) is 117 Å². The van der Waals surface area contributed by atoms with Gasteiger partial charge >= 0.3 is 6.85 Å². The second kappa shape index (κ2) is 9.86. The lowest BCUT2D eigenvalue weighted by Gasteiger charge is -2.53. The first kappa shape index (κ1) is 30.1. The molecule has 13 rings (SSSR count). The molecule has 0 saturated carbocycles. The lowest BCUT2D eigenvalue weighted by Crippen LogP contribution is -2.63. The van der Waals surface area contributed by atoms with Gasteiger partial charge in [-0.3, -0.25) is 0 Å². The summed E-state index contributed by atoms with van der Waals surface area (Å²) in [5.41, 5.74) is 25.1. The SMILES string of the molecule is Cc1cc2c3c(c1)N1c4cc5ccccc5cc4C(C)(C)c4cccc(c41)B3N1c3cccc4c3C(C)(c3ccccc3-4)c3c(-c4ccccc4)ccc-2c31. The van der Waals surface area contributed by atoms with Crippen LogP contribution < -0.4 is 20.6 Å². The fourth-order valence-electron chi connectivity index (χ4n) is 11.7. The van der Waals surface area contributed by atoms with Gasteiger partial charge in [-0.2, -0.15) is 0 Å². The molecule has 0 fully saturated rings. The smallest absolute Gasteiger partial charge is 0.333 e. The van der Waals surface area contributed by atoms with Gasteiger partial charge in [0.15, 0.2) is 0 Å². The first-order chi connectivity index (χ1) is 26.9. The van der Waals surface area contributed by atoms with Gasteiger partial charge in [-0.1, -0.05) is 141 Å². The third kappa shape index (κ3) is 3.42. The molecule has 0 aromatic heterocycles. The van der Waals surface area contributed by atoms with Crippen molar-refractivity contribution >= 4 is 57.0 Å². The predicted molar refractivity (Wildman–Crippen MR) is 231 cm³/mol. The monoisotopic (exact) mass is 700 g/mol. The molecule has 55 heavy (non-hydrogen) atoms. The zero-order chi connectivity index (χ0) is 36.5. The van der Waals surface area contributed by atoms with Crippen molar-refractivity contribution in [2.45, 2.75) is 38.5 Å². The molecule has 0 spiro atoms. The van der Waals surface area contributed by atoms with Crippen LogP contribution in [0, 0.1) is 6.92 Å². The van der Waals surface area contributed by atoms with Crippen LogP contribution >= 0.6 is 0 Å². The van der Waals surface area contributed by atoms with E-state index in [-0.39, 0.29) is 17.7 Å². The lowest BCUT2D eigenvalue weighted by molar-refractivity contribution is 0.633. The molecule has 0 bridgehead atoms. The number of hydrogen-bond donors (Lipinski definition) is 0. The van der Waals surface area contributed by atoms with Gasteiger partial charge in [0.25, 0.3) is 0 Å². The maximum absolute atomic E-state index is 2.78. The number of anilines is 5. The highest BCUT2D eigenvalue weighted by molar-refractivity contribution is 6.94. The number of nitrogens with zero attached hydrogens (tertiary/aromatic N) is 2. The van der Waals surface area contributed by atoms with Gasteiger partial charge < -0.3 is 9.71 Å². The van der Waals surface area contributed by atoms with Crippen LogP contribution in [0.25, 0.3) is 44.2 Å². The van der Waals surface area contributed by atoms with E-state index in [0.29, 0.717) is 0 Å². The fourth-order valence-corrected chi connectivity index (χ4v) is 11.7. The maximum Gasteiger partial charge on any atom is 0.333 e. The summed E-state index contributed by atoms with van der Waals surface area (Å²) >= 11 is 0. The van der Waals surface area contributed by atoms with Crippen LogP contribution in [-0.2, 0) is 10.8 Å². The van der Waals surface area contributed by atoms with Gasteiger partial charge in [-0.15, -0.1) is 0 Å². The molecule has 0 saturated heterocycles. The predicted octanol–water partition coefficient (Wildman–Crippen LogP) is 11.8. The highest BCUT2D eigenvalue weighted by Crippen LogP contribution is 2.66. The lowest BCUT2D eigenvalue weighted by atomic mass is 9.41. The van der Waals surface area contributed by atoms with Crippen LogP contribution in [-0.4, -0.2) is 6.85 Å². The van der Waals surface area contributed by atoms with Crippen molar-refractivity contribution in [3.63, 3.8) is 0 Å². The molecule has 1 unspecified atom stereocenters. The number of fused-ring (bicyclic) bond motifs is 12. The Morgan fingerprint density at radius 2 is 1.18 bits per heavy atom. The highest BCUT2D eigenvalue weighted by atomic mass is 15.2. The molecular formula is C52H37BN2. The number of hydrogen-bond acceptors (Lipinski definition) is 2. The van der Waals surface area contributed by atoms with Crippen LogP contribution in [0.2, 0.25) is 0 Å². The molecule has 2 nitrogen and oxygen atoms in total. The summed E-state index contributed by atoms with van der Waals surface area (Å²) in [5.74, 6) is 0. The third-order valence-corrected chi connectivity index (χ3v) is 14.0. The van der Waals surface area contributed by atoms with Crippen LogP contribution in [0.4, 0.5) is 28.4 Å². The Bertz CT molecular complexity index is 3070. The summed E-state index contributed by atoms with van der Waals surface area (Å²) in [6, 6.07) is 58.1.